The first-order chi connectivity index (χ1) is 13.3. The number of amides is 1. The number of aryl methyl sites for hydroxylation is 1. The summed E-state index contributed by atoms with van der Waals surface area (Å²) in [6, 6.07) is 14.9. The van der Waals surface area contributed by atoms with Crippen LogP contribution < -0.4 is 5.73 Å². The van der Waals surface area contributed by atoms with Gasteiger partial charge in [-0.25, -0.2) is 0 Å². The molecule has 0 fully saturated rings. The Morgan fingerprint density at radius 2 is 1.71 bits per heavy atom. The van der Waals surface area contributed by atoms with Crippen molar-refractivity contribution in [2.75, 3.05) is 13.2 Å². The summed E-state index contributed by atoms with van der Waals surface area (Å²) >= 11 is 0. The first-order valence-electron chi connectivity index (χ1n) is 9.84. The smallest absolute Gasteiger partial charge is 0.321 e. The van der Waals surface area contributed by atoms with Gasteiger partial charge in [0.15, 0.2) is 5.92 Å². The Kier molecular flexibility index (Phi) is 8.00. The topological polar surface area (TPSA) is 78.6 Å². The number of unbranched alkanes of at least 4 members (excludes halogenated alkanes) is 2. The largest absolute Gasteiger partial charge is 0.459 e. The molecule has 2 N–H and O–H groups in total. The number of hydrogen-bond donors (Lipinski definition) is 1. The predicted octanol–water partition coefficient (Wildman–Crippen LogP) is 4.01. The van der Waals surface area contributed by atoms with Gasteiger partial charge in [0.2, 0.25) is 5.91 Å². The fourth-order valence-electron chi connectivity index (χ4n) is 2.94. The molecule has 0 aromatic heterocycles. The van der Waals surface area contributed by atoms with Gasteiger partial charge in [0, 0.05) is 6.61 Å². The second-order valence-corrected chi connectivity index (χ2v) is 8.06. The molecule has 2 aromatic rings. The van der Waals surface area contributed by atoms with Crippen LogP contribution in [0, 0.1) is 5.92 Å². The molecule has 0 bridgehead atoms. The Labute approximate surface area is 167 Å². The van der Waals surface area contributed by atoms with Crippen LogP contribution in [-0.2, 0) is 25.5 Å². The van der Waals surface area contributed by atoms with Crippen LogP contribution in [0.4, 0.5) is 0 Å². The summed E-state index contributed by atoms with van der Waals surface area (Å²) in [6.45, 7) is 5.71. The maximum atomic E-state index is 12.0. The summed E-state index contributed by atoms with van der Waals surface area (Å²) in [6.07, 6.45) is 3.97. The number of ether oxygens (including phenoxy) is 2. The van der Waals surface area contributed by atoms with Crippen LogP contribution in [0.1, 0.15) is 45.6 Å². The number of esters is 1. The molecule has 0 saturated carbocycles. The molecule has 0 radical (unpaired) electrons. The van der Waals surface area contributed by atoms with E-state index in [0.29, 0.717) is 6.61 Å². The van der Waals surface area contributed by atoms with E-state index in [1.54, 1.807) is 20.8 Å². The van der Waals surface area contributed by atoms with Crippen LogP contribution in [0.2, 0.25) is 0 Å². The quantitative estimate of drug-likeness (QED) is 0.381. The van der Waals surface area contributed by atoms with Crippen molar-refractivity contribution >= 4 is 22.6 Å². The van der Waals surface area contributed by atoms with Crippen LogP contribution in [0.15, 0.2) is 42.5 Å². The van der Waals surface area contributed by atoms with Crippen LogP contribution in [0.5, 0.6) is 0 Å². The average molecular weight is 386 g/mol. The Morgan fingerprint density at radius 1 is 1.00 bits per heavy atom. The fourth-order valence-corrected chi connectivity index (χ4v) is 2.94. The Morgan fingerprint density at radius 3 is 2.39 bits per heavy atom. The summed E-state index contributed by atoms with van der Waals surface area (Å²) < 4.78 is 10.7. The van der Waals surface area contributed by atoms with Gasteiger partial charge in [0.25, 0.3) is 0 Å². The minimum Gasteiger partial charge on any atom is -0.459 e. The minimum atomic E-state index is -1.06. The van der Waals surface area contributed by atoms with E-state index in [1.165, 1.54) is 16.3 Å². The summed E-state index contributed by atoms with van der Waals surface area (Å²) in [5, 5.41) is 2.52. The standard InChI is InChI=1S/C23H31NO4/c1-23(2,3)28-22(26)20(21(24)25)16-27-14-8-4-5-9-17-12-13-18-10-6-7-11-19(18)15-17/h6-7,10-13,15,20H,4-5,8-9,14,16H2,1-3H3,(H2,24,25). The SMILES string of the molecule is CC(C)(C)OC(=O)C(COCCCCCc1ccc2ccccc2c1)C(N)=O. The number of primary amides is 1. The van der Waals surface area contributed by atoms with Crippen molar-refractivity contribution in [3.05, 3.63) is 48.0 Å². The van der Waals surface area contributed by atoms with Crippen LogP contribution in [0.3, 0.4) is 0 Å². The zero-order valence-corrected chi connectivity index (χ0v) is 17.1. The molecule has 5 nitrogen and oxygen atoms in total. The average Bonchev–Trinajstić information content (AvgIpc) is 2.62. The zero-order chi connectivity index (χ0) is 20.6. The Hall–Kier alpha value is -2.40. The van der Waals surface area contributed by atoms with E-state index in [4.69, 9.17) is 15.2 Å². The number of rotatable bonds is 10. The summed E-state index contributed by atoms with van der Waals surface area (Å²) in [4.78, 5) is 23.5. The molecule has 0 heterocycles. The highest BCUT2D eigenvalue weighted by Crippen LogP contribution is 2.17. The third-order valence-corrected chi connectivity index (χ3v) is 4.39. The van der Waals surface area contributed by atoms with Crippen LogP contribution in [-0.4, -0.2) is 30.7 Å². The van der Waals surface area contributed by atoms with Crippen molar-refractivity contribution in [1.29, 1.82) is 0 Å². The fraction of sp³-hybridized carbons (Fsp3) is 0.478. The van der Waals surface area contributed by atoms with E-state index in [1.807, 2.05) is 6.07 Å². The van der Waals surface area contributed by atoms with Crippen molar-refractivity contribution in [3.8, 4) is 0 Å². The number of benzene rings is 2. The molecular weight excluding hydrogens is 354 g/mol. The molecule has 28 heavy (non-hydrogen) atoms. The molecule has 1 unspecified atom stereocenters. The van der Waals surface area contributed by atoms with Gasteiger partial charge in [-0.3, -0.25) is 9.59 Å². The highest BCUT2D eigenvalue weighted by atomic mass is 16.6. The van der Waals surface area contributed by atoms with Crippen molar-refractivity contribution in [2.45, 2.75) is 52.1 Å². The van der Waals surface area contributed by atoms with E-state index >= 15 is 0 Å². The minimum absolute atomic E-state index is 0.0328. The summed E-state index contributed by atoms with van der Waals surface area (Å²) in [5.41, 5.74) is 5.98. The normalized spacial score (nSPS) is 12.7. The highest BCUT2D eigenvalue weighted by Gasteiger charge is 2.29. The van der Waals surface area contributed by atoms with E-state index in [2.05, 4.69) is 36.4 Å². The summed E-state index contributed by atoms with van der Waals surface area (Å²) in [5.74, 6) is -2.40. The lowest BCUT2D eigenvalue weighted by atomic mass is 10.0. The third kappa shape index (κ3) is 7.31. The lowest BCUT2D eigenvalue weighted by Gasteiger charge is -2.22. The van der Waals surface area contributed by atoms with Gasteiger partial charge in [0.05, 0.1) is 6.61 Å². The molecule has 0 aliphatic heterocycles. The second-order valence-electron chi connectivity index (χ2n) is 8.06. The van der Waals surface area contributed by atoms with Gasteiger partial charge in [-0.2, -0.15) is 0 Å². The lowest BCUT2D eigenvalue weighted by molar-refractivity contribution is -0.164. The third-order valence-electron chi connectivity index (χ3n) is 4.39. The van der Waals surface area contributed by atoms with E-state index < -0.39 is 23.4 Å². The monoisotopic (exact) mass is 385 g/mol. The zero-order valence-electron chi connectivity index (χ0n) is 17.1. The Balaban J connectivity index is 1.66. The number of fused-ring (bicyclic) bond motifs is 1. The highest BCUT2D eigenvalue weighted by molar-refractivity contribution is 5.97. The molecule has 1 atom stereocenters. The van der Waals surface area contributed by atoms with Crippen LogP contribution in [0.25, 0.3) is 10.8 Å². The number of carbonyl (C=O) groups excluding carboxylic acids is 2. The maximum absolute atomic E-state index is 12.0. The van der Waals surface area contributed by atoms with Crippen molar-refractivity contribution in [1.82, 2.24) is 0 Å². The molecule has 1 amide bonds. The number of nitrogens with two attached hydrogens (primary N) is 1. The van der Waals surface area contributed by atoms with Gasteiger partial charge in [0.1, 0.15) is 5.60 Å². The van der Waals surface area contributed by atoms with Gasteiger partial charge in [-0.15, -0.1) is 0 Å². The predicted molar refractivity (Wildman–Crippen MR) is 111 cm³/mol. The number of hydrogen-bond acceptors (Lipinski definition) is 4. The Bertz CT molecular complexity index is 795. The molecule has 0 aliphatic rings. The van der Waals surface area contributed by atoms with Gasteiger partial charge in [-0.1, -0.05) is 48.9 Å². The first kappa shape index (κ1) is 21.9. The lowest BCUT2D eigenvalue weighted by Crippen LogP contribution is -2.38. The van der Waals surface area contributed by atoms with Crippen LogP contribution >= 0.6 is 0 Å². The van der Waals surface area contributed by atoms with Gasteiger partial charge < -0.3 is 15.2 Å². The maximum Gasteiger partial charge on any atom is 0.321 e. The number of carbonyl (C=O) groups is 2. The van der Waals surface area contributed by atoms with Crippen molar-refractivity contribution < 1.29 is 19.1 Å². The van der Waals surface area contributed by atoms with E-state index in [9.17, 15) is 9.59 Å². The molecule has 152 valence electrons. The molecule has 0 spiro atoms. The first-order valence-corrected chi connectivity index (χ1v) is 9.84. The molecular formula is C23H31NO4. The van der Waals surface area contributed by atoms with Gasteiger partial charge in [-0.05, 0) is 56.4 Å². The second kappa shape index (κ2) is 10.2. The van der Waals surface area contributed by atoms with Crippen molar-refractivity contribution in [2.24, 2.45) is 11.7 Å². The van der Waals surface area contributed by atoms with Gasteiger partial charge >= 0.3 is 5.97 Å². The molecule has 0 saturated heterocycles. The van der Waals surface area contributed by atoms with E-state index in [0.717, 1.165) is 25.7 Å². The molecule has 0 aliphatic carbocycles. The molecule has 2 rings (SSSR count). The van der Waals surface area contributed by atoms with Crippen molar-refractivity contribution in [3.63, 3.8) is 0 Å². The molecule has 5 heteroatoms. The summed E-state index contributed by atoms with van der Waals surface area (Å²) in [7, 11) is 0. The van der Waals surface area contributed by atoms with E-state index in [-0.39, 0.29) is 6.61 Å². The molecule has 2 aromatic carbocycles.